The summed E-state index contributed by atoms with van der Waals surface area (Å²) in [5.74, 6) is 0.699. The van der Waals surface area contributed by atoms with Crippen LogP contribution in [0.2, 0.25) is 5.02 Å². The van der Waals surface area contributed by atoms with Crippen LogP contribution in [0, 0.1) is 5.92 Å². The third-order valence-corrected chi connectivity index (χ3v) is 3.59. The predicted molar refractivity (Wildman–Crippen MR) is 71.6 cm³/mol. The summed E-state index contributed by atoms with van der Waals surface area (Å²) in [6.45, 7) is 7.91. The molecule has 4 heteroatoms. The molecule has 0 amide bonds. The molecule has 0 aliphatic carbocycles. The van der Waals surface area contributed by atoms with E-state index in [4.69, 9.17) is 16.3 Å². The van der Waals surface area contributed by atoms with Crippen LogP contribution in [0.1, 0.15) is 18.7 Å². The van der Waals surface area contributed by atoms with Gasteiger partial charge in [0.2, 0.25) is 0 Å². The van der Waals surface area contributed by atoms with Crippen molar-refractivity contribution in [1.82, 2.24) is 5.32 Å². The molecular formula is C12H20ClNOS. The number of thiophene rings is 1. The number of hydrogen-bond donors (Lipinski definition) is 1. The Balaban J connectivity index is 1.94. The second kappa shape index (κ2) is 8.07. The molecule has 0 saturated heterocycles. The Morgan fingerprint density at radius 1 is 1.44 bits per heavy atom. The minimum Gasteiger partial charge on any atom is -0.380 e. The molecular weight excluding hydrogens is 242 g/mol. The lowest BCUT2D eigenvalue weighted by molar-refractivity contribution is 0.139. The van der Waals surface area contributed by atoms with Crippen LogP contribution in [0.5, 0.6) is 0 Å². The van der Waals surface area contributed by atoms with Gasteiger partial charge in [0.25, 0.3) is 0 Å². The Morgan fingerprint density at radius 3 is 2.88 bits per heavy atom. The van der Waals surface area contributed by atoms with Gasteiger partial charge in [-0.2, -0.15) is 0 Å². The Morgan fingerprint density at radius 2 is 2.25 bits per heavy atom. The second-order valence-corrected chi connectivity index (χ2v) is 5.56. The zero-order valence-corrected chi connectivity index (χ0v) is 11.5. The van der Waals surface area contributed by atoms with Gasteiger partial charge >= 0.3 is 0 Å². The molecule has 1 rings (SSSR count). The zero-order chi connectivity index (χ0) is 11.8. The van der Waals surface area contributed by atoms with Crippen LogP contribution in [0.15, 0.2) is 11.4 Å². The highest BCUT2D eigenvalue weighted by molar-refractivity contribution is 7.10. The Bertz CT molecular complexity index is 288. The number of halogens is 1. The molecule has 0 atom stereocenters. The normalized spacial score (nSPS) is 11.2. The van der Waals surface area contributed by atoms with E-state index in [1.807, 2.05) is 11.4 Å². The number of ether oxygens (including phenoxy) is 1. The highest BCUT2D eigenvalue weighted by Crippen LogP contribution is 2.22. The molecule has 92 valence electrons. The molecule has 0 saturated carbocycles. The van der Waals surface area contributed by atoms with Gasteiger partial charge in [0.15, 0.2) is 0 Å². The van der Waals surface area contributed by atoms with Gasteiger partial charge in [0.1, 0.15) is 0 Å². The maximum absolute atomic E-state index is 5.98. The fourth-order valence-corrected chi connectivity index (χ4v) is 2.42. The molecule has 0 radical (unpaired) electrons. The summed E-state index contributed by atoms with van der Waals surface area (Å²) in [4.78, 5) is 1.22. The van der Waals surface area contributed by atoms with Gasteiger partial charge < -0.3 is 10.1 Å². The number of rotatable bonds is 8. The van der Waals surface area contributed by atoms with Crippen molar-refractivity contribution < 1.29 is 4.74 Å². The SMILES string of the molecule is CC(C)CNCCOCCc1sccc1Cl. The molecule has 0 fully saturated rings. The molecule has 0 spiro atoms. The highest BCUT2D eigenvalue weighted by Gasteiger charge is 2.00. The van der Waals surface area contributed by atoms with E-state index in [0.29, 0.717) is 5.92 Å². The van der Waals surface area contributed by atoms with Gasteiger partial charge in [-0.25, -0.2) is 0 Å². The third kappa shape index (κ3) is 5.85. The topological polar surface area (TPSA) is 21.3 Å². The molecule has 2 nitrogen and oxygen atoms in total. The Hall–Kier alpha value is -0.0900. The van der Waals surface area contributed by atoms with Crippen LogP contribution in [0.25, 0.3) is 0 Å². The van der Waals surface area contributed by atoms with Crippen molar-refractivity contribution in [2.75, 3.05) is 26.3 Å². The first-order valence-corrected chi connectivity index (χ1v) is 6.96. The van der Waals surface area contributed by atoms with E-state index in [-0.39, 0.29) is 0 Å². The summed E-state index contributed by atoms with van der Waals surface area (Å²) in [5, 5.41) is 6.22. The fraction of sp³-hybridized carbons (Fsp3) is 0.667. The first-order chi connectivity index (χ1) is 7.70. The predicted octanol–water partition coefficient (Wildman–Crippen LogP) is 3.21. The smallest absolute Gasteiger partial charge is 0.0591 e. The van der Waals surface area contributed by atoms with Crippen LogP contribution in [-0.2, 0) is 11.2 Å². The van der Waals surface area contributed by atoms with Gasteiger partial charge in [-0.15, -0.1) is 11.3 Å². The van der Waals surface area contributed by atoms with E-state index >= 15 is 0 Å². The van der Waals surface area contributed by atoms with Crippen molar-refractivity contribution in [2.45, 2.75) is 20.3 Å². The molecule has 0 aliphatic heterocycles. The van der Waals surface area contributed by atoms with Crippen molar-refractivity contribution in [3.05, 3.63) is 21.3 Å². The van der Waals surface area contributed by atoms with Crippen LogP contribution < -0.4 is 5.32 Å². The zero-order valence-electron chi connectivity index (χ0n) is 9.96. The first-order valence-electron chi connectivity index (χ1n) is 5.70. The Kier molecular flexibility index (Phi) is 7.05. The van der Waals surface area contributed by atoms with Crippen LogP contribution >= 0.6 is 22.9 Å². The van der Waals surface area contributed by atoms with Crippen molar-refractivity contribution >= 4 is 22.9 Å². The maximum Gasteiger partial charge on any atom is 0.0591 e. The van der Waals surface area contributed by atoms with Crippen molar-refractivity contribution in [3.63, 3.8) is 0 Å². The second-order valence-electron chi connectivity index (χ2n) is 4.15. The van der Waals surface area contributed by atoms with Crippen LogP contribution in [0.4, 0.5) is 0 Å². The van der Waals surface area contributed by atoms with Crippen molar-refractivity contribution in [3.8, 4) is 0 Å². The third-order valence-electron chi connectivity index (χ3n) is 2.14. The maximum atomic E-state index is 5.98. The molecule has 1 aromatic rings. The molecule has 0 unspecified atom stereocenters. The lowest BCUT2D eigenvalue weighted by Crippen LogP contribution is -2.24. The van der Waals surface area contributed by atoms with Gasteiger partial charge in [-0.3, -0.25) is 0 Å². The average molecular weight is 262 g/mol. The largest absolute Gasteiger partial charge is 0.380 e. The van der Waals surface area contributed by atoms with Gasteiger partial charge in [0.05, 0.1) is 18.2 Å². The van der Waals surface area contributed by atoms with Gasteiger partial charge in [0, 0.05) is 17.8 Å². The minimum atomic E-state index is 0.699. The average Bonchev–Trinajstić information content (AvgIpc) is 2.62. The number of nitrogens with one attached hydrogen (secondary N) is 1. The van der Waals surface area contributed by atoms with E-state index in [2.05, 4.69) is 19.2 Å². The van der Waals surface area contributed by atoms with Crippen molar-refractivity contribution in [2.24, 2.45) is 5.92 Å². The lowest BCUT2D eigenvalue weighted by atomic mass is 10.2. The van der Waals surface area contributed by atoms with Crippen LogP contribution in [0.3, 0.4) is 0 Å². The molecule has 16 heavy (non-hydrogen) atoms. The van der Waals surface area contributed by atoms with Gasteiger partial charge in [-0.1, -0.05) is 25.4 Å². The quantitative estimate of drug-likeness (QED) is 0.726. The van der Waals surface area contributed by atoms with E-state index in [1.54, 1.807) is 11.3 Å². The molecule has 1 aromatic heterocycles. The summed E-state index contributed by atoms with van der Waals surface area (Å²) in [7, 11) is 0. The summed E-state index contributed by atoms with van der Waals surface area (Å²) >= 11 is 7.67. The number of hydrogen-bond acceptors (Lipinski definition) is 3. The van der Waals surface area contributed by atoms with E-state index < -0.39 is 0 Å². The Labute approximate surface area is 107 Å². The monoisotopic (exact) mass is 261 g/mol. The molecule has 1 N–H and O–H groups in total. The molecule has 0 aromatic carbocycles. The summed E-state index contributed by atoms with van der Waals surface area (Å²) in [6, 6.07) is 1.94. The van der Waals surface area contributed by atoms with Crippen LogP contribution in [-0.4, -0.2) is 26.3 Å². The van der Waals surface area contributed by atoms with E-state index in [0.717, 1.165) is 37.7 Å². The summed E-state index contributed by atoms with van der Waals surface area (Å²) in [6.07, 6.45) is 0.917. The standard InChI is InChI=1S/C12H20ClNOS/c1-10(2)9-14-5-7-15-6-3-12-11(13)4-8-16-12/h4,8,10,14H,3,5-7,9H2,1-2H3. The summed E-state index contributed by atoms with van der Waals surface area (Å²) in [5.41, 5.74) is 0. The van der Waals surface area contributed by atoms with Gasteiger partial charge in [-0.05, 0) is 23.9 Å². The van der Waals surface area contributed by atoms with Crippen molar-refractivity contribution in [1.29, 1.82) is 0 Å². The lowest BCUT2D eigenvalue weighted by Gasteiger charge is -2.07. The first kappa shape index (κ1) is 14.0. The summed E-state index contributed by atoms with van der Waals surface area (Å²) < 4.78 is 5.53. The minimum absolute atomic E-state index is 0.699. The fourth-order valence-electron chi connectivity index (χ4n) is 1.31. The molecule has 1 heterocycles. The van der Waals surface area contributed by atoms with E-state index in [1.165, 1.54) is 4.88 Å². The highest BCUT2D eigenvalue weighted by atomic mass is 35.5. The van der Waals surface area contributed by atoms with E-state index in [9.17, 15) is 0 Å². The molecule has 0 bridgehead atoms. The molecule has 0 aliphatic rings.